The van der Waals surface area contributed by atoms with Crippen molar-refractivity contribution in [3.05, 3.63) is 71.8 Å². The van der Waals surface area contributed by atoms with Gasteiger partial charge in [-0.15, -0.1) is 11.8 Å². The Balaban J connectivity index is 1.63. The van der Waals surface area contributed by atoms with Crippen LogP contribution in [0.25, 0.3) is 0 Å². The predicted octanol–water partition coefficient (Wildman–Crippen LogP) is 1.54. The van der Waals surface area contributed by atoms with E-state index in [1.807, 2.05) is 60.7 Å². The van der Waals surface area contributed by atoms with Crippen molar-refractivity contribution in [2.24, 2.45) is 0 Å². The second kappa shape index (κ2) is 10.8. The van der Waals surface area contributed by atoms with E-state index in [4.69, 9.17) is 4.74 Å². The van der Waals surface area contributed by atoms with Gasteiger partial charge in [0.2, 0.25) is 11.8 Å². The maximum absolute atomic E-state index is 12.9. The quantitative estimate of drug-likeness (QED) is 0.345. The number of benzene rings is 2. The van der Waals surface area contributed by atoms with Crippen LogP contribution in [0.5, 0.6) is 0 Å². The largest absolute Gasteiger partial charge is 0.445 e. The molecular weight excluding hydrogens is 418 g/mol. The molecule has 1 saturated heterocycles. The zero-order valence-electron chi connectivity index (χ0n) is 17.0. The third-order valence-electron chi connectivity index (χ3n) is 4.62. The fourth-order valence-electron chi connectivity index (χ4n) is 3.04. The number of amides is 3. The van der Waals surface area contributed by atoms with Gasteiger partial charge < -0.3 is 25.8 Å². The van der Waals surface area contributed by atoms with E-state index in [-0.39, 0.29) is 18.9 Å². The van der Waals surface area contributed by atoms with Crippen LogP contribution in [-0.2, 0) is 27.4 Å². The molecule has 0 radical (unpaired) electrons. The summed E-state index contributed by atoms with van der Waals surface area (Å²) in [4.78, 5) is 37.1. The number of hydrogen-bond acceptors (Lipinski definition) is 6. The van der Waals surface area contributed by atoms with E-state index in [1.165, 1.54) is 0 Å². The van der Waals surface area contributed by atoms with Gasteiger partial charge >= 0.3 is 6.09 Å². The molecule has 1 aliphatic rings. The van der Waals surface area contributed by atoms with Crippen molar-refractivity contribution >= 4 is 29.7 Å². The van der Waals surface area contributed by atoms with E-state index in [0.29, 0.717) is 0 Å². The van der Waals surface area contributed by atoms with Crippen LogP contribution in [0.3, 0.4) is 0 Å². The van der Waals surface area contributed by atoms with Crippen molar-refractivity contribution in [1.29, 1.82) is 0 Å². The maximum Gasteiger partial charge on any atom is 0.408 e. The molecule has 164 valence electrons. The van der Waals surface area contributed by atoms with Crippen molar-refractivity contribution in [2.75, 3.05) is 0 Å². The highest BCUT2D eigenvalue weighted by molar-refractivity contribution is 8.00. The second-order valence-electron chi connectivity index (χ2n) is 7.10. The lowest BCUT2D eigenvalue weighted by molar-refractivity contribution is -0.134. The summed E-state index contributed by atoms with van der Waals surface area (Å²) in [5.41, 5.74) is 0.973. The number of rotatable bonds is 9. The smallest absolute Gasteiger partial charge is 0.408 e. The summed E-state index contributed by atoms with van der Waals surface area (Å²) < 4.78 is 5.24. The van der Waals surface area contributed by atoms with Crippen LogP contribution in [0.15, 0.2) is 60.7 Å². The zero-order valence-corrected chi connectivity index (χ0v) is 17.8. The summed E-state index contributed by atoms with van der Waals surface area (Å²) in [6.45, 7) is 1.65. The zero-order chi connectivity index (χ0) is 22.2. The van der Waals surface area contributed by atoms with E-state index in [2.05, 4.69) is 16.0 Å². The molecule has 4 N–H and O–H groups in total. The van der Waals surface area contributed by atoms with Crippen LogP contribution in [-0.4, -0.2) is 45.9 Å². The molecule has 2 aromatic carbocycles. The fourth-order valence-corrected chi connectivity index (χ4v) is 4.00. The van der Waals surface area contributed by atoms with Crippen LogP contribution in [0, 0.1) is 0 Å². The molecule has 1 aliphatic heterocycles. The van der Waals surface area contributed by atoms with Crippen LogP contribution < -0.4 is 16.0 Å². The standard InChI is InChI=1S/C22H25N3O5S/c1-14(26)31-21-18(20(28)25-21)24-19(27)17(12-15-8-4-2-5-9-15)23-22(29)30-13-16-10-6-3-7-11-16/h2-11,14,17-18,21,26H,12-13H2,1H3,(H,23,29)(H,24,27)(H,25,28)/t14?,17-,18+,21?/m0/s1. The Bertz CT molecular complexity index is 895. The first-order valence-electron chi connectivity index (χ1n) is 9.88. The van der Waals surface area contributed by atoms with Gasteiger partial charge in [0.25, 0.3) is 0 Å². The predicted molar refractivity (Wildman–Crippen MR) is 117 cm³/mol. The molecule has 3 amide bonds. The highest BCUT2D eigenvalue weighted by Gasteiger charge is 2.42. The molecule has 2 aromatic rings. The number of carbonyl (C=O) groups excluding carboxylic acids is 3. The summed E-state index contributed by atoms with van der Waals surface area (Å²) in [6, 6.07) is 16.7. The number of carbonyl (C=O) groups is 3. The van der Waals surface area contributed by atoms with Gasteiger partial charge in [0, 0.05) is 6.42 Å². The Kier molecular flexibility index (Phi) is 7.91. The minimum absolute atomic E-state index is 0.0739. The number of alkyl carbamates (subject to hydrolysis) is 1. The number of thioether (sulfide) groups is 1. The topological polar surface area (TPSA) is 117 Å². The first-order valence-corrected chi connectivity index (χ1v) is 10.8. The molecule has 0 aromatic heterocycles. The summed E-state index contributed by atoms with van der Waals surface area (Å²) in [5, 5.41) is 17.0. The minimum Gasteiger partial charge on any atom is -0.445 e. The number of ether oxygens (including phenoxy) is 1. The molecular formula is C22H25N3O5S. The van der Waals surface area contributed by atoms with Gasteiger partial charge in [0.1, 0.15) is 24.1 Å². The molecule has 0 aliphatic carbocycles. The third kappa shape index (κ3) is 6.73. The molecule has 3 rings (SSSR count). The van der Waals surface area contributed by atoms with Gasteiger partial charge in [-0.1, -0.05) is 60.7 Å². The highest BCUT2D eigenvalue weighted by atomic mass is 32.2. The van der Waals surface area contributed by atoms with Gasteiger partial charge in [0.05, 0.1) is 5.44 Å². The average Bonchev–Trinajstić information content (AvgIpc) is 2.76. The second-order valence-corrected chi connectivity index (χ2v) is 8.56. The van der Waals surface area contributed by atoms with Gasteiger partial charge in [-0.2, -0.15) is 0 Å². The third-order valence-corrected chi connectivity index (χ3v) is 5.69. The van der Waals surface area contributed by atoms with Crippen molar-refractivity contribution in [3.63, 3.8) is 0 Å². The normalized spacial score (nSPS) is 19.4. The molecule has 4 atom stereocenters. The number of aliphatic hydroxyl groups is 1. The van der Waals surface area contributed by atoms with Gasteiger partial charge in [-0.3, -0.25) is 9.59 Å². The van der Waals surface area contributed by atoms with E-state index in [9.17, 15) is 19.5 Å². The molecule has 8 nitrogen and oxygen atoms in total. The van der Waals surface area contributed by atoms with E-state index >= 15 is 0 Å². The molecule has 0 bridgehead atoms. The van der Waals surface area contributed by atoms with E-state index < -0.39 is 34.9 Å². The monoisotopic (exact) mass is 443 g/mol. The maximum atomic E-state index is 12.9. The van der Waals surface area contributed by atoms with Crippen molar-refractivity contribution in [1.82, 2.24) is 16.0 Å². The van der Waals surface area contributed by atoms with Crippen LogP contribution in [0.1, 0.15) is 18.1 Å². The molecule has 1 fully saturated rings. The SMILES string of the molecule is CC(O)SC1NC(=O)[C@H]1NC(=O)[C@H](Cc1ccccc1)NC(=O)OCc1ccccc1. The summed E-state index contributed by atoms with van der Waals surface area (Å²) in [6.07, 6.45) is -0.497. The van der Waals surface area contributed by atoms with Crippen LogP contribution in [0.2, 0.25) is 0 Å². The van der Waals surface area contributed by atoms with Crippen molar-refractivity contribution in [3.8, 4) is 0 Å². The van der Waals surface area contributed by atoms with Crippen LogP contribution >= 0.6 is 11.8 Å². The molecule has 0 spiro atoms. The van der Waals surface area contributed by atoms with Gasteiger partial charge in [-0.25, -0.2) is 4.79 Å². The number of nitrogens with one attached hydrogen (secondary N) is 3. The Hall–Kier alpha value is -3.04. The van der Waals surface area contributed by atoms with Crippen LogP contribution in [0.4, 0.5) is 4.79 Å². The molecule has 0 saturated carbocycles. The molecule has 31 heavy (non-hydrogen) atoms. The number of hydrogen-bond donors (Lipinski definition) is 4. The Morgan fingerprint density at radius 2 is 1.71 bits per heavy atom. The molecule has 2 unspecified atom stereocenters. The Labute approximate surface area is 184 Å². The van der Waals surface area contributed by atoms with E-state index in [0.717, 1.165) is 22.9 Å². The average molecular weight is 444 g/mol. The first-order chi connectivity index (χ1) is 14.9. The number of β-lactam (4-membered cyclic amide) rings is 1. The lowest BCUT2D eigenvalue weighted by atomic mass is 10.0. The summed E-state index contributed by atoms with van der Waals surface area (Å²) >= 11 is 1.13. The molecule has 9 heteroatoms. The summed E-state index contributed by atoms with van der Waals surface area (Å²) in [5.74, 6) is -0.840. The number of aliphatic hydroxyl groups excluding tert-OH is 1. The fraction of sp³-hybridized carbons (Fsp3) is 0.318. The lowest BCUT2D eigenvalue weighted by Gasteiger charge is -2.37. The summed E-state index contributed by atoms with van der Waals surface area (Å²) in [7, 11) is 0. The van der Waals surface area contributed by atoms with E-state index in [1.54, 1.807) is 6.92 Å². The molecule has 1 heterocycles. The highest BCUT2D eigenvalue weighted by Crippen LogP contribution is 2.23. The Morgan fingerprint density at radius 1 is 1.10 bits per heavy atom. The first kappa shape index (κ1) is 22.6. The van der Waals surface area contributed by atoms with Gasteiger partial charge in [-0.05, 0) is 18.1 Å². The van der Waals surface area contributed by atoms with Gasteiger partial charge in [0.15, 0.2) is 0 Å². The van der Waals surface area contributed by atoms with Crippen molar-refractivity contribution in [2.45, 2.75) is 42.8 Å². The lowest BCUT2D eigenvalue weighted by Crippen LogP contribution is -2.69. The Morgan fingerprint density at radius 3 is 2.29 bits per heavy atom. The minimum atomic E-state index is -0.934. The van der Waals surface area contributed by atoms with Crippen molar-refractivity contribution < 1.29 is 24.2 Å².